The lowest BCUT2D eigenvalue weighted by molar-refractivity contribution is -0.116. The smallest absolute Gasteiger partial charge is 0.223 e. The Kier molecular flexibility index (Phi) is 4.32. The Balaban J connectivity index is 1.86. The number of rotatable bonds is 4. The number of anilines is 1. The zero-order valence-electron chi connectivity index (χ0n) is 13.1. The van der Waals surface area contributed by atoms with Gasteiger partial charge in [0.2, 0.25) is 5.91 Å². The van der Waals surface area contributed by atoms with E-state index in [9.17, 15) is 4.79 Å². The lowest BCUT2D eigenvalue weighted by Crippen LogP contribution is -2.25. The second-order valence-electron chi connectivity index (χ2n) is 5.94. The van der Waals surface area contributed by atoms with Crippen LogP contribution < -0.4 is 10.6 Å². The molecular formula is C18H22N2OS. The third-order valence-corrected chi connectivity index (χ3v) is 5.72. The van der Waals surface area contributed by atoms with E-state index in [2.05, 4.69) is 37.3 Å². The summed E-state index contributed by atoms with van der Waals surface area (Å²) in [6.45, 7) is 5.40. The maximum atomic E-state index is 11.6. The van der Waals surface area contributed by atoms with Gasteiger partial charge in [0.25, 0.3) is 0 Å². The monoisotopic (exact) mass is 314 g/mol. The van der Waals surface area contributed by atoms with Gasteiger partial charge in [0.1, 0.15) is 0 Å². The maximum absolute atomic E-state index is 11.6. The van der Waals surface area contributed by atoms with E-state index in [-0.39, 0.29) is 5.91 Å². The van der Waals surface area contributed by atoms with Gasteiger partial charge in [-0.25, -0.2) is 0 Å². The third-order valence-electron chi connectivity index (χ3n) is 4.35. The maximum Gasteiger partial charge on any atom is 0.223 e. The molecule has 1 aromatic heterocycles. The molecule has 0 bridgehead atoms. The fraction of sp³-hybridized carbons (Fsp3) is 0.389. The minimum Gasteiger partial charge on any atom is -0.330 e. The zero-order valence-corrected chi connectivity index (χ0v) is 14.0. The summed E-state index contributed by atoms with van der Waals surface area (Å²) in [6, 6.07) is 10.9. The molecule has 1 aromatic carbocycles. The minimum absolute atomic E-state index is 0.125. The largest absolute Gasteiger partial charge is 0.330 e. The molecule has 0 aliphatic carbocycles. The van der Waals surface area contributed by atoms with Crippen molar-refractivity contribution in [3.8, 4) is 10.4 Å². The molecule has 1 atom stereocenters. The number of fused-ring (bicyclic) bond motifs is 1. The molecule has 1 aliphatic heterocycles. The van der Waals surface area contributed by atoms with E-state index in [4.69, 9.17) is 5.73 Å². The summed E-state index contributed by atoms with van der Waals surface area (Å²) in [4.78, 5) is 16.2. The number of nitrogens with zero attached hydrogens (tertiary/aromatic N) is 1. The molecule has 0 saturated carbocycles. The van der Waals surface area contributed by atoms with E-state index in [1.54, 1.807) is 6.92 Å². The summed E-state index contributed by atoms with van der Waals surface area (Å²) in [7, 11) is 0. The molecule has 0 spiro atoms. The van der Waals surface area contributed by atoms with Crippen LogP contribution in [0.5, 0.6) is 0 Å². The first-order valence-corrected chi connectivity index (χ1v) is 8.63. The van der Waals surface area contributed by atoms with Gasteiger partial charge in [0.15, 0.2) is 0 Å². The molecule has 3 nitrogen and oxygen atoms in total. The second-order valence-corrected chi connectivity index (χ2v) is 7.06. The first-order valence-electron chi connectivity index (χ1n) is 7.81. The van der Waals surface area contributed by atoms with Crippen LogP contribution in [0.2, 0.25) is 0 Å². The molecule has 116 valence electrons. The fourth-order valence-electron chi connectivity index (χ4n) is 3.05. The number of carbonyl (C=O) groups is 1. The van der Waals surface area contributed by atoms with E-state index in [1.165, 1.54) is 20.9 Å². The van der Waals surface area contributed by atoms with Crippen LogP contribution in [0, 0.1) is 0 Å². The highest BCUT2D eigenvalue weighted by atomic mass is 32.1. The van der Waals surface area contributed by atoms with Crippen molar-refractivity contribution in [1.29, 1.82) is 0 Å². The Morgan fingerprint density at radius 2 is 2.18 bits per heavy atom. The third kappa shape index (κ3) is 2.81. The van der Waals surface area contributed by atoms with Gasteiger partial charge in [-0.1, -0.05) is 13.0 Å². The van der Waals surface area contributed by atoms with Gasteiger partial charge in [-0.3, -0.25) is 4.79 Å². The lowest BCUT2D eigenvalue weighted by atomic mass is 10.1. The van der Waals surface area contributed by atoms with Crippen LogP contribution in [0.4, 0.5) is 5.69 Å². The number of hydrogen-bond donors (Lipinski definition) is 1. The van der Waals surface area contributed by atoms with Gasteiger partial charge in [0.05, 0.1) is 0 Å². The number of nitrogens with two attached hydrogens (primary N) is 1. The SMILES string of the molecule is CC(=O)N1CCc2cc(-c3ccc(C(C)CCN)s3)ccc21. The van der Waals surface area contributed by atoms with Gasteiger partial charge in [0, 0.05) is 28.9 Å². The second kappa shape index (κ2) is 6.23. The quantitative estimate of drug-likeness (QED) is 0.933. The van der Waals surface area contributed by atoms with Crippen molar-refractivity contribution in [3.05, 3.63) is 40.8 Å². The van der Waals surface area contributed by atoms with Crippen molar-refractivity contribution >= 4 is 22.9 Å². The minimum atomic E-state index is 0.125. The summed E-state index contributed by atoms with van der Waals surface area (Å²) in [5.74, 6) is 0.645. The van der Waals surface area contributed by atoms with E-state index < -0.39 is 0 Å². The molecule has 22 heavy (non-hydrogen) atoms. The lowest BCUT2D eigenvalue weighted by Gasteiger charge is -2.14. The Bertz CT molecular complexity index is 692. The molecule has 0 fully saturated rings. The van der Waals surface area contributed by atoms with Crippen molar-refractivity contribution in [3.63, 3.8) is 0 Å². The molecule has 0 radical (unpaired) electrons. The number of thiophene rings is 1. The van der Waals surface area contributed by atoms with E-state index in [0.29, 0.717) is 5.92 Å². The number of amides is 1. The first-order chi connectivity index (χ1) is 10.6. The average Bonchev–Trinajstić information content (AvgIpc) is 3.13. The molecule has 2 heterocycles. The van der Waals surface area contributed by atoms with Crippen LogP contribution in [-0.4, -0.2) is 19.0 Å². The molecule has 4 heteroatoms. The van der Waals surface area contributed by atoms with Crippen molar-refractivity contribution < 1.29 is 4.79 Å². The van der Waals surface area contributed by atoms with Gasteiger partial charge in [-0.15, -0.1) is 11.3 Å². The molecule has 1 aliphatic rings. The molecule has 1 unspecified atom stereocenters. The summed E-state index contributed by atoms with van der Waals surface area (Å²) >= 11 is 1.85. The Morgan fingerprint density at radius 3 is 2.91 bits per heavy atom. The Hall–Kier alpha value is -1.65. The van der Waals surface area contributed by atoms with Crippen LogP contribution in [-0.2, 0) is 11.2 Å². The molecule has 3 rings (SSSR count). The standard InChI is InChI=1S/C18H22N2OS/c1-12(7-9-19)17-5-6-18(22-17)15-3-4-16-14(11-15)8-10-20(16)13(2)21/h3-6,11-12H,7-10,19H2,1-2H3. The van der Waals surface area contributed by atoms with Gasteiger partial charge >= 0.3 is 0 Å². The van der Waals surface area contributed by atoms with E-state index in [0.717, 1.165) is 31.6 Å². The van der Waals surface area contributed by atoms with Crippen molar-refractivity contribution in [1.82, 2.24) is 0 Å². The summed E-state index contributed by atoms with van der Waals surface area (Å²) in [6.07, 6.45) is 1.97. The van der Waals surface area contributed by atoms with E-state index >= 15 is 0 Å². The van der Waals surface area contributed by atoms with Crippen LogP contribution >= 0.6 is 11.3 Å². The van der Waals surface area contributed by atoms with Crippen LogP contribution in [0.1, 0.15) is 36.6 Å². The van der Waals surface area contributed by atoms with Crippen molar-refractivity contribution in [2.24, 2.45) is 5.73 Å². The van der Waals surface area contributed by atoms with Crippen molar-refractivity contribution in [2.45, 2.75) is 32.6 Å². The normalized spacial score (nSPS) is 15.0. The number of hydrogen-bond acceptors (Lipinski definition) is 3. The number of benzene rings is 1. The average molecular weight is 314 g/mol. The van der Waals surface area contributed by atoms with E-state index in [1.807, 2.05) is 16.2 Å². The van der Waals surface area contributed by atoms with Gasteiger partial charge in [-0.2, -0.15) is 0 Å². The Morgan fingerprint density at radius 1 is 1.36 bits per heavy atom. The fourth-order valence-corrected chi connectivity index (χ4v) is 4.14. The predicted octanol–water partition coefficient (Wildman–Crippen LogP) is 3.78. The van der Waals surface area contributed by atoms with Gasteiger partial charge < -0.3 is 10.6 Å². The number of carbonyl (C=O) groups excluding carboxylic acids is 1. The molecule has 0 saturated heterocycles. The summed E-state index contributed by atoms with van der Waals surface area (Å²) in [5.41, 5.74) is 9.26. The molecule has 1 amide bonds. The molecular weight excluding hydrogens is 292 g/mol. The Labute approximate surface area is 135 Å². The first kappa shape index (κ1) is 15.3. The molecule has 2 aromatic rings. The highest BCUT2D eigenvalue weighted by Gasteiger charge is 2.22. The summed E-state index contributed by atoms with van der Waals surface area (Å²) < 4.78 is 0. The van der Waals surface area contributed by atoms with Crippen LogP contribution in [0.15, 0.2) is 30.3 Å². The topological polar surface area (TPSA) is 46.3 Å². The molecule has 2 N–H and O–H groups in total. The van der Waals surface area contributed by atoms with Crippen LogP contribution in [0.3, 0.4) is 0 Å². The predicted molar refractivity (Wildman–Crippen MR) is 93.6 cm³/mol. The van der Waals surface area contributed by atoms with Crippen molar-refractivity contribution in [2.75, 3.05) is 18.0 Å². The summed E-state index contributed by atoms with van der Waals surface area (Å²) in [5, 5.41) is 0. The zero-order chi connectivity index (χ0) is 15.7. The highest BCUT2D eigenvalue weighted by molar-refractivity contribution is 7.15. The van der Waals surface area contributed by atoms with Crippen LogP contribution in [0.25, 0.3) is 10.4 Å². The highest BCUT2D eigenvalue weighted by Crippen LogP contribution is 2.37. The van der Waals surface area contributed by atoms with Gasteiger partial charge in [-0.05, 0) is 60.7 Å².